The van der Waals surface area contributed by atoms with Crippen LogP contribution in [0.1, 0.15) is 6.92 Å². The first-order valence-corrected chi connectivity index (χ1v) is 9.95. The van der Waals surface area contributed by atoms with E-state index in [0.29, 0.717) is 11.4 Å². The number of para-hydroxylation sites is 2. The van der Waals surface area contributed by atoms with Gasteiger partial charge in [0, 0.05) is 14.8 Å². The van der Waals surface area contributed by atoms with E-state index in [9.17, 15) is 4.79 Å². The lowest BCUT2D eigenvalue weighted by Gasteiger charge is -2.15. The summed E-state index contributed by atoms with van der Waals surface area (Å²) in [6, 6.07) is 23.1. The number of rotatable bonds is 5. The molecule has 0 radical (unpaired) electrons. The lowest BCUT2D eigenvalue weighted by atomic mass is 10.2. The minimum absolute atomic E-state index is 0.199. The number of aromatic nitrogens is 2. The molecule has 0 saturated carbocycles. The number of anilines is 1. The number of benzene rings is 3. The number of carbonyl (C=O) groups excluding carboxylic acids is 1. The highest BCUT2D eigenvalue weighted by molar-refractivity contribution is 14.1. The van der Waals surface area contributed by atoms with Crippen molar-refractivity contribution in [1.82, 2.24) is 9.97 Å². The Morgan fingerprint density at radius 1 is 1.04 bits per heavy atom. The van der Waals surface area contributed by atoms with Gasteiger partial charge in [0.1, 0.15) is 11.6 Å². The molecule has 1 unspecified atom stereocenters. The number of hydrogen-bond donors (Lipinski definition) is 2. The van der Waals surface area contributed by atoms with Crippen LogP contribution in [0.15, 0.2) is 72.8 Å². The lowest BCUT2D eigenvalue weighted by Crippen LogP contribution is -2.30. The summed E-state index contributed by atoms with van der Waals surface area (Å²) in [5.74, 6) is 1.27. The molecule has 0 aliphatic heterocycles. The lowest BCUT2D eigenvalue weighted by molar-refractivity contribution is -0.122. The third-order valence-electron chi connectivity index (χ3n) is 4.31. The van der Waals surface area contributed by atoms with Crippen LogP contribution >= 0.6 is 22.6 Å². The van der Waals surface area contributed by atoms with E-state index in [4.69, 9.17) is 4.74 Å². The van der Waals surface area contributed by atoms with Crippen LogP contribution in [0, 0.1) is 3.57 Å². The highest BCUT2D eigenvalue weighted by Gasteiger charge is 2.15. The standard InChI is InChI=1S/C22H18IN3O2/c1-14(28-18-12-8-16(23)9-13-18)22(27)24-17-10-6-15(7-11-17)21-25-19-4-2-3-5-20(19)26-21/h2-14H,1H3,(H,24,27)(H,25,26). The summed E-state index contributed by atoms with van der Waals surface area (Å²) in [7, 11) is 0. The molecule has 0 spiro atoms. The minimum Gasteiger partial charge on any atom is -0.481 e. The van der Waals surface area contributed by atoms with Crippen molar-refractivity contribution < 1.29 is 9.53 Å². The SMILES string of the molecule is CC(Oc1ccc(I)cc1)C(=O)Nc1ccc(-c2nc3ccccc3[nH]2)cc1. The molecule has 1 heterocycles. The largest absolute Gasteiger partial charge is 0.481 e. The molecule has 6 heteroatoms. The molecule has 0 bridgehead atoms. The summed E-state index contributed by atoms with van der Waals surface area (Å²) >= 11 is 2.23. The van der Waals surface area contributed by atoms with E-state index >= 15 is 0 Å². The fourth-order valence-electron chi connectivity index (χ4n) is 2.82. The van der Waals surface area contributed by atoms with E-state index in [2.05, 4.69) is 37.9 Å². The van der Waals surface area contributed by atoms with Gasteiger partial charge in [-0.15, -0.1) is 0 Å². The molecule has 5 nitrogen and oxygen atoms in total. The van der Waals surface area contributed by atoms with Crippen LogP contribution in [0.5, 0.6) is 5.75 Å². The van der Waals surface area contributed by atoms with Gasteiger partial charge < -0.3 is 15.0 Å². The monoisotopic (exact) mass is 483 g/mol. The molecular formula is C22H18IN3O2. The van der Waals surface area contributed by atoms with E-state index in [-0.39, 0.29) is 5.91 Å². The van der Waals surface area contributed by atoms with Gasteiger partial charge in [0.05, 0.1) is 11.0 Å². The molecule has 1 amide bonds. The van der Waals surface area contributed by atoms with E-state index < -0.39 is 6.10 Å². The molecule has 1 atom stereocenters. The fraction of sp³-hybridized carbons (Fsp3) is 0.0909. The highest BCUT2D eigenvalue weighted by atomic mass is 127. The molecule has 0 aliphatic carbocycles. The summed E-state index contributed by atoms with van der Waals surface area (Å²) in [6.07, 6.45) is -0.602. The van der Waals surface area contributed by atoms with E-state index in [1.54, 1.807) is 6.92 Å². The maximum absolute atomic E-state index is 12.4. The number of ether oxygens (including phenoxy) is 1. The predicted octanol–water partition coefficient (Wildman–Crippen LogP) is 5.24. The zero-order valence-corrected chi connectivity index (χ0v) is 17.3. The molecule has 2 N–H and O–H groups in total. The Labute approximate surface area is 176 Å². The van der Waals surface area contributed by atoms with Crippen LogP contribution in [0.2, 0.25) is 0 Å². The summed E-state index contributed by atoms with van der Waals surface area (Å²) in [5, 5.41) is 2.88. The second-order valence-corrected chi connectivity index (χ2v) is 7.63. The molecule has 0 aliphatic rings. The second kappa shape index (κ2) is 8.02. The van der Waals surface area contributed by atoms with Crippen molar-refractivity contribution in [2.24, 2.45) is 0 Å². The van der Waals surface area contributed by atoms with E-state index in [0.717, 1.165) is 26.0 Å². The Morgan fingerprint density at radius 2 is 1.75 bits per heavy atom. The zero-order valence-electron chi connectivity index (χ0n) is 15.1. The molecule has 0 fully saturated rings. The van der Waals surface area contributed by atoms with Gasteiger partial charge in [0.25, 0.3) is 5.91 Å². The van der Waals surface area contributed by atoms with Crippen LogP contribution < -0.4 is 10.1 Å². The average molecular weight is 483 g/mol. The summed E-state index contributed by atoms with van der Waals surface area (Å²) < 4.78 is 6.82. The molecule has 28 heavy (non-hydrogen) atoms. The number of aromatic amines is 1. The molecule has 4 aromatic rings. The first-order valence-electron chi connectivity index (χ1n) is 8.87. The van der Waals surface area contributed by atoms with Crippen molar-refractivity contribution in [3.8, 4) is 17.1 Å². The van der Waals surface area contributed by atoms with Gasteiger partial charge in [-0.1, -0.05) is 12.1 Å². The van der Waals surface area contributed by atoms with Crippen molar-refractivity contribution >= 4 is 45.2 Å². The van der Waals surface area contributed by atoms with Crippen LogP contribution in [0.3, 0.4) is 0 Å². The molecular weight excluding hydrogens is 465 g/mol. The Hall–Kier alpha value is -2.87. The first-order chi connectivity index (χ1) is 13.6. The third kappa shape index (κ3) is 4.17. The van der Waals surface area contributed by atoms with Crippen molar-refractivity contribution in [3.05, 3.63) is 76.4 Å². The van der Waals surface area contributed by atoms with Crippen molar-refractivity contribution in [1.29, 1.82) is 0 Å². The quantitative estimate of drug-likeness (QED) is 0.382. The number of H-pyrrole nitrogens is 1. The summed E-state index contributed by atoms with van der Waals surface area (Å²) in [5.41, 5.74) is 3.59. The van der Waals surface area contributed by atoms with Gasteiger partial charge in [-0.25, -0.2) is 4.98 Å². The number of fused-ring (bicyclic) bond motifs is 1. The van der Waals surface area contributed by atoms with Gasteiger partial charge in [0.15, 0.2) is 6.10 Å². The Morgan fingerprint density at radius 3 is 2.46 bits per heavy atom. The number of carbonyl (C=O) groups is 1. The van der Waals surface area contributed by atoms with Crippen LogP contribution in [0.4, 0.5) is 5.69 Å². The van der Waals surface area contributed by atoms with Gasteiger partial charge in [-0.05, 0) is 90.2 Å². The molecule has 4 rings (SSSR count). The maximum Gasteiger partial charge on any atom is 0.265 e. The third-order valence-corrected chi connectivity index (χ3v) is 5.03. The van der Waals surface area contributed by atoms with E-state index in [1.165, 1.54) is 0 Å². The second-order valence-electron chi connectivity index (χ2n) is 6.38. The minimum atomic E-state index is -0.602. The van der Waals surface area contributed by atoms with Crippen LogP contribution in [-0.2, 0) is 4.79 Å². The highest BCUT2D eigenvalue weighted by Crippen LogP contribution is 2.22. The van der Waals surface area contributed by atoms with Crippen LogP contribution in [0.25, 0.3) is 22.4 Å². The number of hydrogen-bond acceptors (Lipinski definition) is 3. The molecule has 0 saturated heterocycles. The topological polar surface area (TPSA) is 67.0 Å². The molecule has 3 aromatic carbocycles. The van der Waals surface area contributed by atoms with Crippen molar-refractivity contribution in [2.75, 3.05) is 5.32 Å². The normalized spacial score (nSPS) is 11.9. The molecule has 1 aromatic heterocycles. The van der Waals surface area contributed by atoms with Crippen molar-refractivity contribution in [3.63, 3.8) is 0 Å². The number of nitrogens with one attached hydrogen (secondary N) is 2. The zero-order chi connectivity index (χ0) is 19.5. The molecule has 140 valence electrons. The van der Waals surface area contributed by atoms with E-state index in [1.807, 2.05) is 72.8 Å². The summed E-state index contributed by atoms with van der Waals surface area (Å²) in [4.78, 5) is 20.3. The van der Waals surface area contributed by atoms with Gasteiger partial charge in [-0.3, -0.25) is 4.79 Å². The van der Waals surface area contributed by atoms with Crippen LogP contribution in [-0.4, -0.2) is 22.0 Å². The Bertz CT molecular complexity index is 1070. The van der Waals surface area contributed by atoms with Gasteiger partial charge in [0.2, 0.25) is 0 Å². The fourth-order valence-corrected chi connectivity index (χ4v) is 3.18. The number of halogens is 1. The van der Waals surface area contributed by atoms with Crippen molar-refractivity contribution in [2.45, 2.75) is 13.0 Å². The summed E-state index contributed by atoms with van der Waals surface area (Å²) in [6.45, 7) is 1.73. The smallest absolute Gasteiger partial charge is 0.265 e. The predicted molar refractivity (Wildman–Crippen MR) is 119 cm³/mol. The van der Waals surface area contributed by atoms with Gasteiger partial charge in [-0.2, -0.15) is 0 Å². The Kier molecular flexibility index (Phi) is 5.29. The van der Waals surface area contributed by atoms with Gasteiger partial charge >= 0.3 is 0 Å². The maximum atomic E-state index is 12.4. The average Bonchev–Trinajstić information content (AvgIpc) is 3.14. The number of nitrogens with zero attached hydrogens (tertiary/aromatic N) is 1. The Balaban J connectivity index is 1.42. The number of amides is 1. The first kappa shape index (κ1) is 18.5. The number of imidazole rings is 1.